The van der Waals surface area contributed by atoms with Crippen molar-refractivity contribution in [1.82, 2.24) is 20.1 Å². The molecule has 0 fully saturated rings. The van der Waals surface area contributed by atoms with Gasteiger partial charge in [0.15, 0.2) is 12.3 Å². The summed E-state index contributed by atoms with van der Waals surface area (Å²) in [6.45, 7) is 4.20. The van der Waals surface area contributed by atoms with Crippen LogP contribution in [0.25, 0.3) is 22.3 Å². The highest BCUT2D eigenvalue weighted by Gasteiger charge is 2.21. The minimum absolute atomic E-state index is 0.300. The van der Waals surface area contributed by atoms with Gasteiger partial charge in [0.05, 0.1) is 22.3 Å². The van der Waals surface area contributed by atoms with Crippen LogP contribution in [-0.4, -0.2) is 39.8 Å². The van der Waals surface area contributed by atoms with E-state index in [0.717, 1.165) is 24.8 Å². The Morgan fingerprint density at radius 2 is 1.93 bits per heavy atom. The summed E-state index contributed by atoms with van der Waals surface area (Å²) in [7, 11) is 1.79. The molecule has 3 rings (SSSR count). The molecule has 3 aromatic rings. The molecule has 7 heteroatoms. The maximum absolute atomic E-state index is 12.8. The summed E-state index contributed by atoms with van der Waals surface area (Å²) >= 11 is 0. The lowest BCUT2D eigenvalue weighted by Gasteiger charge is -2.09. The predicted molar refractivity (Wildman–Crippen MR) is 111 cm³/mol. The third-order valence-corrected chi connectivity index (χ3v) is 4.70. The number of benzene rings is 1. The van der Waals surface area contributed by atoms with Crippen molar-refractivity contribution in [2.45, 2.75) is 33.1 Å². The molecule has 2 aromatic heterocycles. The zero-order chi connectivity index (χ0) is 20.8. The average Bonchev–Trinajstić information content (AvgIpc) is 3.03. The third kappa shape index (κ3) is 4.80. The number of nitrogens with zero attached hydrogens (tertiary/aromatic N) is 3. The highest BCUT2D eigenvalue weighted by atomic mass is 16.5. The predicted octanol–water partition coefficient (Wildman–Crippen LogP) is 3.41. The SMILES string of the molecule is CCCCCNC(=O)COC(=O)c1cc(-c2ccccc2)nc2c1c(C)nn2C. The number of rotatable bonds is 8. The van der Waals surface area contributed by atoms with E-state index in [2.05, 4.69) is 22.3 Å². The van der Waals surface area contributed by atoms with Crippen LogP contribution in [0, 0.1) is 6.92 Å². The first-order valence-electron chi connectivity index (χ1n) is 9.84. The molecule has 0 bridgehead atoms. The van der Waals surface area contributed by atoms with E-state index >= 15 is 0 Å². The van der Waals surface area contributed by atoms with Crippen molar-refractivity contribution in [3.8, 4) is 11.3 Å². The number of pyridine rings is 1. The Morgan fingerprint density at radius 1 is 1.17 bits per heavy atom. The normalized spacial score (nSPS) is 10.9. The molecular formula is C22H26N4O3. The minimum atomic E-state index is -0.561. The molecule has 7 nitrogen and oxygen atoms in total. The quantitative estimate of drug-likeness (QED) is 0.467. The molecule has 1 aromatic carbocycles. The maximum atomic E-state index is 12.8. The molecule has 0 aliphatic carbocycles. The molecule has 0 aliphatic heterocycles. The molecule has 0 aliphatic rings. The van der Waals surface area contributed by atoms with Gasteiger partial charge in [-0.3, -0.25) is 9.48 Å². The second-order valence-electron chi connectivity index (χ2n) is 6.96. The Bertz CT molecular complexity index is 1010. The lowest BCUT2D eigenvalue weighted by molar-refractivity contribution is -0.124. The van der Waals surface area contributed by atoms with E-state index in [1.54, 1.807) is 17.8 Å². The molecule has 29 heavy (non-hydrogen) atoms. The second-order valence-corrected chi connectivity index (χ2v) is 6.96. The van der Waals surface area contributed by atoms with Gasteiger partial charge in [0.2, 0.25) is 0 Å². The van der Waals surface area contributed by atoms with Gasteiger partial charge in [0.25, 0.3) is 5.91 Å². The second kappa shape index (κ2) is 9.32. The van der Waals surface area contributed by atoms with Crippen LogP contribution in [-0.2, 0) is 16.6 Å². The largest absolute Gasteiger partial charge is 0.452 e. The van der Waals surface area contributed by atoms with Gasteiger partial charge in [0.1, 0.15) is 0 Å². The number of unbranched alkanes of at least 4 members (excludes halogenated alkanes) is 2. The molecule has 1 amide bonds. The fourth-order valence-electron chi connectivity index (χ4n) is 3.23. The lowest BCUT2D eigenvalue weighted by Crippen LogP contribution is -2.29. The van der Waals surface area contributed by atoms with Crippen molar-refractivity contribution >= 4 is 22.9 Å². The molecule has 2 heterocycles. The van der Waals surface area contributed by atoms with E-state index in [1.165, 1.54) is 0 Å². The van der Waals surface area contributed by atoms with Crippen molar-refractivity contribution in [2.75, 3.05) is 13.2 Å². The van der Waals surface area contributed by atoms with Gasteiger partial charge >= 0.3 is 5.97 Å². The first-order chi connectivity index (χ1) is 14.0. The van der Waals surface area contributed by atoms with E-state index in [1.807, 2.05) is 37.3 Å². The highest BCUT2D eigenvalue weighted by Crippen LogP contribution is 2.27. The number of esters is 1. The Kier molecular flexibility index (Phi) is 6.59. The number of carbonyl (C=O) groups is 2. The number of hydrogen-bond donors (Lipinski definition) is 1. The number of carbonyl (C=O) groups excluding carboxylic acids is 2. The zero-order valence-electron chi connectivity index (χ0n) is 17.1. The van der Waals surface area contributed by atoms with Gasteiger partial charge in [-0.05, 0) is 19.4 Å². The summed E-state index contributed by atoms with van der Waals surface area (Å²) in [4.78, 5) is 29.4. The topological polar surface area (TPSA) is 86.1 Å². The summed E-state index contributed by atoms with van der Waals surface area (Å²) in [5.74, 6) is -0.861. The smallest absolute Gasteiger partial charge is 0.339 e. The van der Waals surface area contributed by atoms with Crippen LogP contribution in [0.2, 0.25) is 0 Å². The van der Waals surface area contributed by atoms with Crippen molar-refractivity contribution in [3.05, 3.63) is 47.7 Å². The van der Waals surface area contributed by atoms with Crippen LogP contribution in [0.4, 0.5) is 0 Å². The van der Waals surface area contributed by atoms with E-state index < -0.39 is 5.97 Å². The summed E-state index contributed by atoms with van der Waals surface area (Å²) in [6, 6.07) is 11.3. The number of aromatic nitrogens is 3. The average molecular weight is 394 g/mol. The number of ether oxygens (including phenoxy) is 1. The third-order valence-electron chi connectivity index (χ3n) is 4.70. The molecule has 1 N–H and O–H groups in total. The van der Waals surface area contributed by atoms with Crippen LogP contribution in [0.5, 0.6) is 0 Å². The Balaban J connectivity index is 1.83. The number of hydrogen-bond acceptors (Lipinski definition) is 5. The van der Waals surface area contributed by atoms with Crippen molar-refractivity contribution in [3.63, 3.8) is 0 Å². The first-order valence-corrected chi connectivity index (χ1v) is 9.84. The summed E-state index contributed by atoms with van der Waals surface area (Å²) in [6.07, 6.45) is 3.05. The molecule has 0 saturated heterocycles. The molecule has 152 valence electrons. The molecule has 0 spiro atoms. The van der Waals surface area contributed by atoms with Crippen LogP contribution < -0.4 is 5.32 Å². The van der Waals surface area contributed by atoms with Crippen molar-refractivity contribution in [2.24, 2.45) is 7.05 Å². The molecule has 0 atom stereocenters. The summed E-state index contributed by atoms with van der Waals surface area (Å²) in [5.41, 5.74) is 3.18. The van der Waals surface area contributed by atoms with Crippen LogP contribution in [0.15, 0.2) is 36.4 Å². The Labute approximate surface area is 170 Å². The zero-order valence-corrected chi connectivity index (χ0v) is 17.1. The summed E-state index contributed by atoms with van der Waals surface area (Å²) < 4.78 is 6.94. The number of nitrogens with one attached hydrogen (secondary N) is 1. The van der Waals surface area contributed by atoms with Crippen molar-refractivity contribution < 1.29 is 14.3 Å². The summed E-state index contributed by atoms with van der Waals surface area (Å²) in [5, 5.41) is 7.80. The minimum Gasteiger partial charge on any atom is -0.452 e. The molecule has 0 unspecified atom stereocenters. The fourth-order valence-corrected chi connectivity index (χ4v) is 3.23. The van der Waals surface area contributed by atoms with E-state index in [9.17, 15) is 9.59 Å². The highest BCUT2D eigenvalue weighted by molar-refractivity contribution is 6.05. The molecule has 0 radical (unpaired) electrons. The van der Waals surface area contributed by atoms with Crippen LogP contribution in [0.3, 0.4) is 0 Å². The first kappa shape index (κ1) is 20.5. The fraction of sp³-hybridized carbons (Fsp3) is 0.364. The standard InChI is InChI=1S/C22H26N4O3/c1-4-5-9-12-23-19(27)14-29-22(28)17-13-18(16-10-7-6-8-11-16)24-21-20(17)15(2)25-26(21)3/h6-8,10-11,13H,4-5,9,12,14H2,1-3H3,(H,23,27). The van der Waals surface area contributed by atoms with Crippen LogP contribution in [0.1, 0.15) is 42.2 Å². The van der Waals surface area contributed by atoms with E-state index in [0.29, 0.717) is 34.5 Å². The molecule has 0 saturated carbocycles. The number of amides is 1. The van der Waals surface area contributed by atoms with Gasteiger partial charge in [0, 0.05) is 19.2 Å². The monoisotopic (exact) mass is 394 g/mol. The lowest BCUT2D eigenvalue weighted by atomic mass is 10.1. The Hall–Kier alpha value is -3.22. The maximum Gasteiger partial charge on any atom is 0.339 e. The van der Waals surface area contributed by atoms with Crippen molar-refractivity contribution in [1.29, 1.82) is 0 Å². The van der Waals surface area contributed by atoms with E-state index in [4.69, 9.17) is 4.74 Å². The van der Waals surface area contributed by atoms with Crippen LogP contribution >= 0.6 is 0 Å². The van der Waals surface area contributed by atoms with Gasteiger partial charge in [-0.15, -0.1) is 0 Å². The van der Waals surface area contributed by atoms with Gasteiger partial charge in [-0.25, -0.2) is 9.78 Å². The Morgan fingerprint density at radius 3 is 2.66 bits per heavy atom. The number of aryl methyl sites for hydroxylation is 2. The van der Waals surface area contributed by atoms with Gasteiger partial charge < -0.3 is 10.1 Å². The van der Waals surface area contributed by atoms with E-state index in [-0.39, 0.29) is 12.5 Å². The van der Waals surface area contributed by atoms with Gasteiger partial charge in [-0.2, -0.15) is 5.10 Å². The molecular weight excluding hydrogens is 368 g/mol. The van der Waals surface area contributed by atoms with Gasteiger partial charge in [-0.1, -0.05) is 50.1 Å². The number of fused-ring (bicyclic) bond motifs is 1.